The maximum absolute atomic E-state index is 12.9. The molecule has 5 heteroatoms. The molecule has 0 unspecified atom stereocenters. The van der Waals surface area contributed by atoms with Gasteiger partial charge in [-0.15, -0.1) is 11.3 Å². The molecular formula is C19H22N2O2S. The van der Waals surface area contributed by atoms with E-state index < -0.39 is 0 Å². The Balaban J connectivity index is 1.81. The number of hydrogen-bond acceptors (Lipinski definition) is 3. The first-order chi connectivity index (χ1) is 11.5. The van der Waals surface area contributed by atoms with Gasteiger partial charge in [-0.2, -0.15) is 0 Å². The molecule has 0 bridgehead atoms. The van der Waals surface area contributed by atoms with E-state index in [9.17, 15) is 9.59 Å². The number of hydrogen-bond donors (Lipinski definition) is 0. The average Bonchev–Trinajstić information content (AvgIpc) is 3.00. The van der Waals surface area contributed by atoms with Gasteiger partial charge >= 0.3 is 0 Å². The van der Waals surface area contributed by atoms with Crippen LogP contribution in [0.15, 0.2) is 42.5 Å². The van der Waals surface area contributed by atoms with Gasteiger partial charge in [-0.3, -0.25) is 9.59 Å². The maximum Gasteiger partial charge on any atom is 0.228 e. The third-order valence-corrected chi connectivity index (χ3v) is 5.45. The second-order valence-corrected chi connectivity index (χ2v) is 7.54. The number of amides is 2. The van der Waals surface area contributed by atoms with Gasteiger partial charge in [0.05, 0.1) is 12.5 Å². The van der Waals surface area contributed by atoms with Crippen molar-refractivity contribution in [3.05, 3.63) is 57.8 Å². The van der Waals surface area contributed by atoms with Crippen LogP contribution in [-0.4, -0.2) is 41.2 Å². The van der Waals surface area contributed by atoms with Gasteiger partial charge in [0.15, 0.2) is 0 Å². The Kier molecular flexibility index (Phi) is 5.00. The van der Waals surface area contributed by atoms with Crippen molar-refractivity contribution in [2.24, 2.45) is 0 Å². The normalized spacial score (nSPS) is 17.8. The number of nitrogens with zero attached hydrogens (tertiary/aromatic N) is 2. The van der Waals surface area contributed by atoms with Crippen molar-refractivity contribution >= 4 is 23.2 Å². The standard InChI is InChI=1S/C19H22N2O2S/c1-14-8-9-17(24-14)12-19(23)21-11-10-20(15(2)22)13-18(21)16-6-4-3-5-7-16/h3-9,18H,10-13H2,1-2H3/t18-/m0/s1. The van der Waals surface area contributed by atoms with Gasteiger partial charge in [-0.25, -0.2) is 0 Å². The average molecular weight is 342 g/mol. The SMILES string of the molecule is CC(=O)N1CCN(C(=O)Cc2ccc(C)s2)[C@H](c2ccccc2)C1. The summed E-state index contributed by atoms with van der Waals surface area (Å²) in [5.41, 5.74) is 1.08. The molecule has 1 aliphatic heterocycles. The summed E-state index contributed by atoms with van der Waals surface area (Å²) in [5.74, 6) is 0.200. The number of piperazine rings is 1. The monoisotopic (exact) mass is 342 g/mol. The second-order valence-electron chi connectivity index (χ2n) is 6.17. The lowest BCUT2D eigenvalue weighted by Crippen LogP contribution is -2.52. The van der Waals surface area contributed by atoms with Gasteiger partial charge in [0.25, 0.3) is 0 Å². The lowest BCUT2D eigenvalue weighted by atomic mass is 10.0. The molecule has 2 amide bonds. The van der Waals surface area contributed by atoms with Crippen LogP contribution in [0.25, 0.3) is 0 Å². The molecule has 0 spiro atoms. The highest BCUT2D eigenvalue weighted by Gasteiger charge is 2.32. The van der Waals surface area contributed by atoms with Crippen LogP contribution in [0.1, 0.15) is 28.3 Å². The van der Waals surface area contributed by atoms with E-state index in [1.165, 1.54) is 4.88 Å². The van der Waals surface area contributed by atoms with Crippen LogP contribution in [0.3, 0.4) is 0 Å². The molecule has 1 aliphatic rings. The van der Waals surface area contributed by atoms with Crippen molar-refractivity contribution in [3.63, 3.8) is 0 Å². The highest BCUT2D eigenvalue weighted by atomic mass is 32.1. The topological polar surface area (TPSA) is 40.6 Å². The lowest BCUT2D eigenvalue weighted by molar-refractivity contribution is -0.141. The fraction of sp³-hybridized carbons (Fsp3) is 0.368. The summed E-state index contributed by atoms with van der Waals surface area (Å²) < 4.78 is 0. The Labute approximate surface area is 146 Å². The van der Waals surface area contributed by atoms with E-state index in [2.05, 4.69) is 13.0 Å². The molecular weight excluding hydrogens is 320 g/mol. The molecule has 1 aromatic carbocycles. The molecule has 24 heavy (non-hydrogen) atoms. The van der Waals surface area contributed by atoms with E-state index >= 15 is 0 Å². The van der Waals surface area contributed by atoms with Gasteiger partial charge in [-0.05, 0) is 24.6 Å². The number of rotatable bonds is 3. The molecule has 0 radical (unpaired) electrons. The number of thiophene rings is 1. The summed E-state index contributed by atoms with van der Waals surface area (Å²) in [6.07, 6.45) is 0.432. The first kappa shape index (κ1) is 16.7. The van der Waals surface area contributed by atoms with Gasteiger partial charge in [0.1, 0.15) is 0 Å². The fourth-order valence-corrected chi connectivity index (χ4v) is 4.04. The predicted molar refractivity (Wildman–Crippen MR) is 95.9 cm³/mol. The van der Waals surface area contributed by atoms with Crippen molar-refractivity contribution in [2.75, 3.05) is 19.6 Å². The van der Waals surface area contributed by atoms with Crippen LogP contribution in [0, 0.1) is 6.92 Å². The van der Waals surface area contributed by atoms with Crippen LogP contribution in [-0.2, 0) is 16.0 Å². The summed E-state index contributed by atoms with van der Waals surface area (Å²) in [4.78, 5) is 30.7. The zero-order chi connectivity index (χ0) is 17.1. The van der Waals surface area contributed by atoms with Crippen molar-refractivity contribution in [2.45, 2.75) is 26.3 Å². The highest BCUT2D eigenvalue weighted by Crippen LogP contribution is 2.27. The number of carbonyl (C=O) groups is 2. The number of benzene rings is 1. The number of aryl methyl sites for hydroxylation is 1. The van der Waals surface area contributed by atoms with Crippen molar-refractivity contribution in [3.8, 4) is 0 Å². The molecule has 2 heterocycles. The first-order valence-electron chi connectivity index (χ1n) is 8.20. The van der Waals surface area contributed by atoms with E-state index in [0.29, 0.717) is 26.1 Å². The molecule has 4 nitrogen and oxygen atoms in total. The molecule has 0 aliphatic carbocycles. The number of carbonyl (C=O) groups excluding carboxylic acids is 2. The van der Waals surface area contributed by atoms with Gasteiger partial charge in [-0.1, -0.05) is 30.3 Å². The molecule has 0 saturated carbocycles. The summed E-state index contributed by atoms with van der Waals surface area (Å²) in [7, 11) is 0. The summed E-state index contributed by atoms with van der Waals surface area (Å²) >= 11 is 1.67. The molecule has 2 aromatic rings. The Morgan fingerprint density at radius 3 is 2.50 bits per heavy atom. The van der Waals surface area contributed by atoms with Crippen LogP contribution in [0.2, 0.25) is 0 Å². The summed E-state index contributed by atoms with van der Waals surface area (Å²) in [5, 5.41) is 0. The van der Waals surface area contributed by atoms with Crippen LogP contribution in [0.4, 0.5) is 0 Å². The van der Waals surface area contributed by atoms with E-state index in [-0.39, 0.29) is 17.9 Å². The highest BCUT2D eigenvalue weighted by molar-refractivity contribution is 7.12. The van der Waals surface area contributed by atoms with Crippen molar-refractivity contribution < 1.29 is 9.59 Å². The van der Waals surface area contributed by atoms with E-state index in [4.69, 9.17) is 0 Å². The Bertz CT molecular complexity index is 726. The summed E-state index contributed by atoms with van der Waals surface area (Å²) in [6.45, 7) is 5.40. The Morgan fingerprint density at radius 1 is 1.12 bits per heavy atom. The zero-order valence-electron chi connectivity index (χ0n) is 14.1. The van der Waals surface area contributed by atoms with Crippen molar-refractivity contribution in [1.29, 1.82) is 0 Å². The maximum atomic E-state index is 12.9. The molecule has 126 valence electrons. The fourth-order valence-electron chi connectivity index (χ4n) is 3.16. The molecule has 1 fully saturated rings. The lowest BCUT2D eigenvalue weighted by Gasteiger charge is -2.41. The van der Waals surface area contributed by atoms with Crippen LogP contribution >= 0.6 is 11.3 Å². The quantitative estimate of drug-likeness (QED) is 0.860. The minimum Gasteiger partial charge on any atom is -0.339 e. The third kappa shape index (κ3) is 3.67. The smallest absolute Gasteiger partial charge is 0.228 e. The summed E-state index contributed by atoms with van der Waals surface area (Å²) in [6, 6.07) is 14.0. The van der Waals surface area contributed by atoms with Gasteiger partial charge in [0.2, 0.25) is 11.8 Å². The minimum atomic E-state index is -0.0718. The van der Waals surface area contributed by atoms with Crippen LogP contribution < -0.4 is 0 Å². The largest absolute Gasteiger partial charge is 0.339 e. The van der Waals surface area contributed by atoms with E-state index in [1.54, 1.807) is 18.3 Å². The molecule has 1 atom stereocenters. The predicted octanol–water partition coefficient (Wildman–Crippen LogP) is 3.03. The molecule has 3 rings (SSSR count). The van der Waals surface area contributed by atoms with Crippen LogP contribution in [0.5, 0.6) is 0 Å². The van der Waals surface area contributed by atoms with Gasteiger partial charge < -0.3 is 9.80 Å². The third-order valence-electron chi connectivity index (χ3n) is 4.45. The zero-order valence-corrected chi connectivity index (χ0v) is 14.9. The Hall–Kier alpha value is -2.14. The second kappa shape index (κ2) is 7.18. The first-order valence-corrected chi connectivity index (χ1v) is 9.01. The van der Waals surface area contributed by atoms with E-state index in [1.807, 2.05) is 46.2 Å². The molecule has 1 saturated heterocycles. The van der Waals surface area contributed by atoms with Gasteiger partial charge in [0, 0.05) is 36.3 Å². The molecule has 1 aromatic heterocycles. The van der Waals surface area contributed by atoms with E-state index in [0.717, 1.165) is 10.4 Å². The Morgan fingerprint density at radius 2 is 1.88 bits per heavy atom. The molecule has 0 N–H and O–H groups in total. The minimum absolute atomic E-state index is 0.0666. The van der Waals surface area contributed by atoms with Crippen molar-refractivity contribution in [1.82, 2.24) is 9.80 Å².